The minimum Gasteiger partial charge on any atom is -0.354 e. The van der Waals surface area contributed by atoms with Crippen molar-refractivity contribution in [2.45, 2.75) is 24.9 Å². The SMILES string of the molecule is O=C(NCCc1ccc(Cl)cc1)C1CC(c2ccccc2)NN1. The van der Waals surface area contributed by atoms with Crippen LogP contribution in [0.1, 0.15) is 23.6 Å². The summed E-state index contributed by atoms with van der Waals surface area (Å²) in [4.78, 5) is 12.2. The number of hydrazine groups is 1. The standard InChI is InChI=1S/C18H20ClN3O/c19-15-8-6-13(7-9-15)10-11-20-18(23)17-12-16(21-22-17)14-4-2-1-3-5-14/h1-9,16-17,21-22H,10-12H2,(H,20,23). The van der Waals surface area contributed by atoms with Crippen LogP contribution in [0.25, 0.3) is 0 Å². The van der Waals surface area contributed by atoms with E-state index in [0.29, 0.717) is 6.54 Å². The molecule has 2 atom stereocenters. The third kappa shape index (κ3) is 4.32. The van der Waals surface area contributed by atoms with Crippen molar-refractivity contribution in [3.8, 4) is 0 Å². The third-order valence-corrected chi connectivity index (χ3v) is 4.30. The van der Waals surface area contributed by atoms with Gasteiger partial charge in [0.05, 0.1) is 0 Å². The van der Waals surface area contributed by atoms with Crippen LogP contribution in [0.4, 0.5) is 0 Å². The zero-order valence-corrected chi connectivity index (χ0v) is 13.5. The molecule has 1 aliphatic rings. The monoisotopic (exact) mass is 329 g/mol. The summed E-state index contributed by atoms with van der Waals surface area (Å²) < 4.78 is 0. The summed E-state index contributed by atoms with van der Waals surface area (Å²) in [5.74, 6) is 0.0323. The summed E-state index contributed by atoms with van der Waals surface area (Å²) in [6, 6.07) is 17.8. The van der Waals surface area contributed by atoms with Crippen LogP contribution in [0, 0.1) is 0 Å². The summed E-state index contributed by atoms with van der Waals surface area (Å²) in [6.07, 6.45) is 1.54. The quantitative estimate of drug-likeness (QED) is 0.790. The molecule has 1 fully saturated rings. The van der Waals surface area contributed by atoms with Crippen molar-refractivity contribution in [3.63, 3.8) is 0 Å². The fraction of sp³-hybridized carbons (Fsp3) is 0.278. The zero-order valence-electron chi connectivity index (χ0n) is 12.8. The molecule has 120 valence electrons. The van der Waals surface area contributed by atoms with Gasteiger partial charge in [-0.3, -0.25) is 4.79 Å². The average molecular weight is 330 g/mol. The molecule has 0 radical (unpaired) electrons. The van der Waals surface area contributed by atoms with Crippen molar-refractivity contribution in [3.05, 3.63) is 70.7 Å². The molecule has 0 spiro atoms. The van der Waals surface area contributed by atoms with Crippen LogP contribution in [-0.2, 0) is 11.2 Å². The second kappa shape index (κ2) is 7.59. The van der Waals surface area contributed by atoms with Crippen molar-refractivity contribution in [2.24, 2.45) is 0 Å². The van der Waals surface area contributed by atoms with Gasteiger partial charge in [-0.05, 0) is 36.1 Å². The summed E-state index contributed by atoms with van der Waals surface area (Å²) in [6.45, 7) is 0.620. The van der Waals surface area contributed by atoms with E-state index in [9.17, 15) is 4.79 Å². The fourth-order valence-electron chi connectivity index (χ4n) is 2.74. The number of hydrogen-bond donors (Lipinski definition) is 3. The number of halogens is 1. The van der Waals surface area contributed by atoms with E-state index in [1.165, 1.54) is 5.56 Å². The highest BCUT2D eigenvalue weighted by molar-refractivity contribution is 6.30. The first kappa shape index (κ1) is 16.0. The molecule has 1 heterocycles. The largest absolute Gasteiger partial charge is 0.354 e. The maximum atomic E-state index is 12.2. The zero-order chi connectivity index (χ0) is 16.1. The van der Waals surface area contributed by atoms with Gasteiger partial charge in [-0.2, -0.15) is 0 Å². The fourth-order valence-corrected chi connectivity index (χ4v) is 2.86. The maximum Gasteiger partial charge on any atom is 0.238 e. The summed E-state index contributed by atoms with van der Waals surface area (Å²) >= 11 is 5.86. The van der Waals surface area contributed by atoms with Gasteiger partial charge in [0.2, 0.25) is 5.91 Å². The predicted molar refractivity (Wildman–Crippen MR) is 92.0 cm³/mol. The first-order valence-electron chi connectivity index (χ1n) is 7.80. The lowest BCUT2D eigenvalue weighted by atomic mass is 10.0. The number of benzene rings is 2. The van der Waals surface area contributed by atoms with Gasteiger partial charge in [0.25, 0.3) is 0 Å². The molecular weight excluding hydrogens is 310 g/mol. The molecule has 3 rings (SSSR count). The molecule has 2 aromatic carbocycles. The second-order valence-corrected chi connectivity index (χ2v) is 6.14. The normalized spacial score (nSPS) is 20.4. The van der Waals surface area contributed by atoms with Crippen molar-refractivity contribution in [2.75, 3.05) is 6.54 Å². The average Bonchev–Trinajstić information content (AvgIpc) is 3.07. The number of carbonyl (C=O) groups is 1. The molecule has 5 heteroatoms. The molecular formula is C18H20ClN3O. The van der Waals surface area contributed by atoms with Crippen LogP contribution in [0.3, 0.4) is 0 Å². The molecule has 1 saturated heterocycles. The van der Waals surface area contributed by atoms with Crippen LogP contribution in [0.5, 0.6) is 0 Å². The van der Waals surface area contributed by atoms with Crippen LogP contribution in [0.2, 0.25) is 5.02 Å². The summed E-state index contributed by atoms with van der Waals surface area (Å²) in [7, 11) is 0. The predicted octanol–water partition coefficient (Wildman–Crippen LogP) is 2.61. The smallest absolute Gasteiger partial charge is 0.238 e. The van der Waals surface area contributed by atoms with Gasteiger partial charge in [0.15, 0.2) is 0 Å². The molecule has 0 aromatic heterocycles. The molecule has 1 aliphatic heterocycles. The number of carbonyl (C=O) groups excluding carboxylic acids is 1. The van der Waals surface area contributed by atoms with E-state index in [0.717, 1.165) is 23.4 Å². The van der Waals surface area contributed by atoms with E-state index < -0.39 is 0 Å². The molecule has 0 bridgehead atoms. The van der Waals surface area contributed by atoms with Gasteiger partial charge >= 0.3 is 0 Å². The van der Waals surface area contributed by atoms with Crippen LogP contribution >= 0.6 is 11.6 Å². The lowest BCUT2D eigenvalue weighted by Crippen LogP contribution is -2.43. The highest BCUT2D eigenvalue weighted by Crippen LogP contribution is 2.21. The van der Waals surface area contributed by atoms with Gasteiger partial charge in [-0.1, -0.05) is 54.1 Å². The Morgan fingerprint density at radius 1 is 1.09 bits per heavy atom. The second-order valence-electron chi connectivity index (χ2n) is 5.71. The number of amides is 1. The molecule has 4 nitrogen and oxygen atoms in total. The van der Waals surface area contributed by atoms with Crippen molar-refractivity contribution < 1.29 is 4.79 Å². The molecule has 0 aliphatic carbocycles. The van der Waals surface area contributed by atoms with Crippen molar-refractivity contribution >= 4 is 17.5 Å². The summed E-state index contributed by atoms with van der Waals surface area (Å²) in [5.41, 5.74) is 8.63. The molecule has 2 aromatic rings. The topological polar surface area (TPSA) is 53.2 Å². The Labute approximate surface area is 141 Å². The van der Waals surface area contributed by atoms with Crippen molar-refractivity contribution in [1.29, 1.82) is 0 Å². The lowest BCUT2D eigenvalue weighted by molar-refractivity contribution is -0.122. The molecule has 1 amide bonds. The Bertz CT molecular complexity index is 645. The number of nitrogens with one attached hydrogen (secondary N) is 3. The maximum absolute atomic E-state index is 12.2. The van der Waals surface area contributed by atoms with Crippen LogP contribution in [0.15, 0.2) is 54.6 Å². The first-order valence-corrected chi connectivity index (χ1v) is 8.18. The molecule has 2 unspecified atom stereocenters. The van der Waals surface area contributed by atoms with E-state index in [1.807, 2.05) is 42.5 Å². The Balaban J connectivity index is 1.45. The minimum absolute atomic E-state index is 0.0323. The molecule has 0 saturated carbocycles. The van der Waals surface area contributed by atoms with E-state index >= 15 is 0 Å². The Morgan fingerprint density at radius 3 is 2.57 bits per heavy atom. The highest BCUT2D eigenvalue weighted by atomic mass is 35.5. The first-order chi connectivity index (χ1) is 11.2. The van der Waals surface area contributed by atoms with Gasteiger partial charge in [0.1, 0.15) is 6.04 Å². The number of hydrogen-bond acceptors (Lipinski definition) is 3. The molecule has 3 N–H and O–H groups in total. The number of rotatable bonds is 5. The highest BCUT2D eigenvalue weighted by Gasteiger charge is 2.29. The van der Waals surface area contributed by atoms with Crippen LogP contribution in [-0.4, -0.2) is 18.5 Å². The van der Waals surface area contributed by atoms with Crippen LogP contribution < -0.4 is 16.2 Å². The van der Waals surface area contributed by atoms with Gasteiger partial charge in [-0.15, -0.1) is 0 Å². The Hall–Kier alpha value is -1.88. The minimum atomic E-state index is -0.203. The molecule has 23 heavy (non-hydrogen) atoms. The third-order valence-electron chi connectivity index (χ3n) is 4.05. The van der Waals surface area contributed by atoms with Gasteiger partial charge < -0.3 is 5.32 Å². The van der Waals surface area contributed by atoms with E-state index in [-0.39, 0.29) is 18.0 Å². The summed E-state index contributed by atoms with van der Waals surface area (Å²) in [5, 5.41) is 3.71. The van der Waals surface area contributed by atoms with Crippen molar-refractivity contribution in [1.82, 2.24) is 16.2 Å². The van der Waals surface area contributed by atoms with E-state index in [1.54, 1.807) is 0 Å². The van der Waals surface area contributed by atoms with E-state index in [2.05, 4.69) is 28.3 Å². The van der Waals surface area contributed by atoms with Gasteiger partial charge in [-0.25, -0.2) is 10.9 Å². The Morgan fingerprint density at radius 2 is 1.83 bits per heavy atom. The Kier molecular flexibility index (Phi) is 5.28. The van der Waals surface area contributed by atoms with Gasteiger partial charge in [0, 0.05) is 17.6 Å². The van der Waals surface area contributed by atoms with E-state index in [4.69, 9.17) is 11.6 Å². The lowest BCUT2D eigenvalue weighted by Gasteiger charge is -2.11.